The van der Waals surface area contributed by atoms with Crippen LogP contribution in [0.1, 0.15) is 29.5 Å². The number of allylic oxidation sites excluding steroid dienone is 1. The number of carbonyl (C=O) groups is 1. The number of nitrogens with one attached hydrogen (secondary N) is 1. The number of alkyl halides is 6. The van der Waals surface area contributed by atoms with Crippen molar-refractivity contribution < 1.29 is 35.9 Å². The van der Waals surface area contributed by atoms with Crippen LogP contribution in [0.5, 0.6) is 5.75 Å². The molecule has 1 N–H and O–H groups in total. The Morgan fingerprint density at radius 1 is 1.03 bits per heavy atom. The fourth-order valence-electron chi connectivity index (χ4n) is 2.77. The Hall–Kier alpha value is -3.04. The molecule has 1 aliphatic rings. The van der Waals surface area contributed by atoms with Gasteiger partial charge in [0, 0.05) is 17.8 Å². The fraction of sp³-hybridized carbons (Fsp3) is 0.263. The van der Waals surface area contributed by atoms with Crippen LogP contribution in [0.25, 0.3) is 5.57 Å². The third-order valence-electron chi connectivity index (χ3n) is 4.15. The Morgan fingerprint density at radius 3 is 2.34 bits per heavy atom. The minimum atomic E-state index is -4.54. The van der Waals surface area contributed by atoms with Gasteiger partial charge in [0.25, 0.3) is 0 Å². The Kier molecular flexibility index (Phi) is 5.54. The van der Waals surface area contributed by atoms with E-state index in [0.717, 1.165) is 24.3 Å². The van der Waals surface area contributed by atoms with E-state index in [4.69, 9.17) is 4.74 Å². The zero-order chi connectivity index (χ0) is 21.2. The van der Waals surface area contributed by atoms with Gasteiger partial charge >= 0.3 is 12.4 Å². The van der Waals surface area contributed by atoms with Crippen molar-refractivity contribution in [3.8, 4) is 5.75 Å². The molecule has 0 unspecified atom stereocenters. The van der Waals surface area contributed by atoms with Crippen molar-refractivity contribution >= 4 is 17.3 Å². The van der Waals surface area contributed by atoms with Crippen LogP contribution in [-0.4, -0.2) is 17.5 Å². The van der Waals surface area contributed by atoms with E-state index in [2.05, 4.69) is 10.3 Å². The predicted octanol–water partition coefficient (Wildman–Crippen LogP) is 5.31. The molecule has 0 bridgehead atoms. The average Bonchev–Trinajstić information content (AvgIpc) is 2.82. The zero-order valence-corrected chi connectivity index (χ0v) is 14.7. The highest BCUT2D eigenvalue weighted by Crippen LogP contribution is 2.38. The lowest BCUT2D eigenvalue weighted by Crippen LogP contribution is -2.12. The van der Waals surface area contributed by atoms with E-state index in [-0.39, 0.29) is 18.2 Å². The molecule has 1 aromatic heterocycles. The van der Waals surface area contributed by atoms with E-state index in [1.807, 2.05) is 0 Å². The summed E-state index contributed by atoms with van der Waals surface area (Å²) >= 11 is 0. The first kappa shape index (κ1) is 20.7. The van der Waals surface area contributed by atoms with Crippen molar-refractivity contribution in [2.75, 3.05) is 11.9 Å². The van der Waals surface area contributed by atoms with Gasteiger partial charge in [-0.05, 0) is 42.7 Å². The van der Waals surface area contributed by atoms with E-state index >= 15 is 0 Å². The minimum absolute atomic E-state index is 0.0176. The molecule has 3 rings (SSSR count). The molecule has 0 spiro atoms. The third-order valence-corrected chi connectivity index (χ3v) is 4.15. The van der Waals surface area contributed by atoms with E-state index in [1.165, 1.54) is 12.1 Å². The first-order valence-corrected chi connectivity index (χ1v) is 8.43. The van der Waals surface area contributed by atoms with Crippen LogP contribution in [0.3, 0.4) is 0 Å². The van der Waals surface area contributed by atoms with Crippen LogP contribution >= 0.6 is 0 Å². The number of amides is 1. The summed E-state index contributed by atoms with van der Waals surface area (Å²) in [4.78, 5) is 15.8. The summed E-state index contributed by atoms with van der Waals surface area (Å²) in [6.45, 7) is 0.188. The molecule has 2 heterocycles. The number of hydrogen-bond acceptors (Lipinski definition) is 3. The molecule has 0 fully saturated rings. The highest BCUT2D eigenvalue weighted by molar-refractivity contribution is 6.04. The number of anilines is 1. The largest absolute Gasteiger partial charge is 0.493 e. The van der Waals surface area contributed by atoms with Gasteiger partial charge < -0.3 is 10.1 Å². The smallest absolute Gasteiger partial charge is 0.417 e. The number of fused-ring (bicyclic) bond motifs is 1. The second kappa shape index (κ2) is 7.76. The molecule has 2 aromatic rings. The van der Waals surface area contributed by atoms with Crippen molar-refractivity contribution in [3.05, 3.63) is 59.3 Å². The van der Waals surface area contributed by atoms with Crippen LogP contribution in [0.4, 0.5) is 32.2 Å². The molecule has 0 aliphatic carbocycles. The van der Waals surface area contributed by atoms with Crippen molar-refractivity contribution in [3.63, 3.8) is 0 Å². The number of benzene rings is 1. The molecule has 1 amide bonds. The Balaban J connectivity index is 1.82. The van der Waals surface area contributed by atoms with Gasteiger partial charge in [-0.1, -0.05) is 6.07 Å². The van der Waals surface area contributed by atoms with E-state index < -0.39 is 29.4 Å². The summed E-state index contributed by atoms with van der Waals surface area (Å²) in [5, 5.41) is 2.34. The van der Waals surface area contributed by atoms with Crippen LogP contribution in [-0.2, 0) is 17.1 Å². The van der Waals surface area contributed by atoms with Crippen molar-refractivity contribution in [2.24, 2.45) is 0 Å². The van der Waals surface area contributed by atoms with Gasteiger partial charge in [-0.3, -0.25) is 4.79 Å². The van der Waals surface area contributed by atoms with Crippen molar-refractivity contribution in [2.45, 2.75) is 25.2 Å². The number of ether oxygens (including phenoxy) is 1. The summed E-state index contributed by atoms with van der Waals surface area (Å²) in [6.07, 6.45) is -6.44. The summed E-state index contributed by atoms with van der Waals surface area (Å²) in [5.74, 6) is -0.735. The predicted molar refractivity (Wildman–Crippen MR) is 92.0 cm³/mol. The Morgan fingerprint density at radius 2 is 1.72 bits per heavy atom. The van der Waals surface area contributed by atoms with Gasteiger partial charge in [0.15, 0.2) is 0 Å². The molecule has 4 nitrogen and oxygen atoms in total. The Labute approximate surface area is 161 Å². The normalized spacial score (nSPS) is 16.0. The lowest BCUT2D eigenvalue weighted by atomic mass is 9.99. The molecular weight excluding hydrogens is 402 g/mol. The van der Waals surface area contributed by atoms with Crippen LogP contribution < -0.4 is 10.1 Å². The maximum Gasteiger partial charge on any atom is 0.417 e. The molecule has 0 atom stereocenters. The second-order valence-corrected chi connectivity index (χ2v) is 6.25. The summed E-state index contributed by atoms with van der Waals surface area (Å²) in [5.41, 5.74) is -1.01. The van der Waals surface area contributed by atoms with Crippen molar-refractivity contribution in [1.29, 1.82) is 0 Å². The van der Waals surface area contributed by atoms with Gasteiger partial charge in [-0.2, -0.15) is 26.3 Å². The fourth-order valence-corrected chi connectivity index (χ4v) is 2.77. The van der Waals surface area contributed by atoms with E-state index in [1.54, 1.807) is 0 Å². The van der Waals surface area contributed by atoms with Gasteiger partial charge in [0.1, 0.15) is 11.6 Å². The van der Waals surface area contributed by atoms with E-state index in [9.17, 15) is 31.1 Å². The molecule has 0 saturated carbocycles. The van der Waals surface area contributed by atoms with Crippen LogP contribution in [0.15, 0.2) is 42.6 Å². The van der Waals surface area contributed by atoms with Gasteiger partial charge in [0.05, 0.1) is 17.7 Å². The number of pyridine rings is 1. The topological polar surface area (TPSA) is 51.2 Å². The summed E-state index contributed by atoms with van der Waals surface area (Å²) < 4.78 is 81.7. The molecular formula is C19H14F6N2O2. The molecule has 10 heteroatoms. The van der Waals surface area contributed by atoms with Crippen molar-refractivity contribution in [1.82, 2.24) is 4.98 Å². The van der Waals surface area contributed by atoms with Gasteiger partial charge in [-0.25, -0.2) is 4.98 Å². The minimum Gasteiger partial charge on any atom is -0.493 e. The quantitative estimate of drug-likeness (QED) is 0.533. The molecule has 0 radical (unpaired) electrons. The van der Waals surface area contributed by atoms with Crippen LogP contribution in [0, 0.1) is 0 Å². The highest BCUT2D eigenvalue weighted by Gasteiger charge is 2.32. The molecule has 29 heavy (non-hydrogen) atoms. The monoisotopic (exact) mass is 416 g/mol. The molecule has 154 valence electrons. The lowest BCUT2D eigenvalue weighted by molar-refractivity contribution is -0.138. The zero-order valence-electron chi connectivity index (χ0n) is 14.7. The first-order valence-electron chi connectivity index (χ1n) is 8.43. The standard InChI is InChI=1S/C19H14F6N2O2/c20-18(21,22)12-3-5-14-11(2-1-7-29-15(14)9-12)8-17(28)27-16-6-4-13(10-26-16)19(23,24)25/h3-6,8-10H,1-2,7H2,(H,26,27,28)/b11-8+. The van der Waals surface area contributed by atoms with Crippen LogP contribution in [0.2, 0.25) is 0 Å². The summed E-state index contributed by atoms with van der Waals surface area (Å²) in [7, 11) is 0. The first-order chi connectivity index (χ1) is 13.5. The van der Waals surface area contributed by atoms with Gasteiger partial charge in [0.2, 0.25) is 5.91 Å². The number of halogens is 6. The summed E-state index contributed by atoms with van der Waals surface area (Å²) in [6, 6.07) is 4.81. The number of carbonyl (C=O) groups excluding carboxylic acids is 1. The SMILES string of the molecule is O=C(/C=C1\CCCOc2cc(C(F)(F)F)ccc21)Nc1ccc(C(F)(F)F)cn1. The average molecular weight is 416 g/mol. The number of aromatic nitrogens is 1. The van der Waals surface area contributed by atoms with E-state index in [0.29, 0.717) is 30.2 Å². The second-order valence-electron chi connectivity index (χ2n) is 6.25. The third kappa shape index (κ3) is 5.07. The maximum absolute atomic E-state index is 12.9. The number of nitrogens with zero attached hydrogens (tertiary/aromatic N) is 1. The molecule has 0 saturated heterocycles. The maximum atomic E-state index is 12.9. The lowest BCUT2D eigenvalue weighted by Gasteiger charge is -2.13. The number of hydrogen-bond donors (Lipinski definition) is 1. The highest BCUT2D eigenvalue weighted by atomic mass is 19.4. The molecule has 1 aliphatic heterocycles. The van der Waals surface area contributed by atoms with Gasteiger partial charge in [-0.15, -0.1) is 0 Å². The number of rotatable bonds is 2. The Bertz CT molecular complexity index is 933. The molecule has 1 aromatic carbocycles.